The van der Waals surface area contributed by atoms with Crippen molar-refractivity contribution >= 4 is 11.9 Å². The van der Waals surface area contributed by atoms with Crippen LogP contribution in [0.25, 0.3) is 0 Å². The number of carboxylic acid groups (broad SMARTS) is 1. The summed E-state index contributed by atoms with van der Waals surface area (Å²) in [5, 5.41) is 17.2. The summed E-state index contributed by atoms with van der Waals surface area (Å²) in [5.74, 6) is -1.51. The van der Waals surface area contributed by atoms with Crippen LogP contribution in [0.4, 0.5) is 0 Å². The third-order valence-electron chi connectivity index (χ3n) is 1.29. The number of carboxylic acids is 1. The van der Waals surface area contributed by atoms with Gasteiger partial charge in [-0.15, -0.1) is 0 Å². The summed E-state index contributed by atoms with van der Waals surface area (Å²) in [5.41, 5.74) is 0. The highest BCUT2D eigenvalue weighted by atomic mass is 17.1. The second kappa shape index (κ2) is 11.9. The first-order valence-electron chi connectivity index (χ1n) is 4.62. The topological polar surface area (TPSA) is 86.7 Å². The van der Waals surface area contributed by atoms with Crippen molar-refractivity contribution in [2.24, 2.45) is 0 Å². The van der Waals surface area contributed by atoms with Crippen LogP contribution in [0.2, 0.25) is 0 Å². The van der Waals surface area contributed by atoms with Crippen molar-refractivity contribution < 1.29 is 24.8 Å². The molecule has 0 heterocycles. The first-order chi connectivity index (χ1) is 6.58. The molecule has 1 N–H and O–H groups in total. The van der Waals surface area contributed by atoms with E-state index in [0.29, 0.717) is 12.8 Å². The number of carbonyl (C=O) groups is 2. The van der Waals surface area contributed by atoms with E-state index in [0.717, 1.165) is 12.8 Å². The number of unbranched alkanes of at least 4 members (excludes halogenated alkanes) is 1. The molecule has 0 aliphatic heterocycles. The minimum atomic E-state index is -0.961. The Morgan fingerprint density at radius 1 is 1.21 bits per heavy atom. The molecule has 0 saturated heterocycles. The molecule has 0 atom stereocenters. The van der Waals surface area contributed by atoms with E-state index in [9.17, 15) is 14.7 Å². The maximum absolute atomic E-state index is 10.1. The molecule has 0 rings (SSSR count). The second-order valence-corrected chi connectivity index (χ2v) is 2.69. The Labute approximate surface area is 83.6 Å². The van der Waals surface area contributed by atoms with Gasteiger partial charge in [-0.25, -0.2) is 4.79 Å². The van der Waals surface area contributed by atoms with E-state index in [1.54, 1.807) is 6.92 Å². The van der Waals surface area contributed by atoms with Gasteiger partial charge in [0.2, 0.25) is 0 Å². The van der Waals surface area contributed by atoms with E-state index in [-0.39, 0.29) is 6.42 Å². The number of hydrogen-bond acceptors (Lipinski definition) is 5. The predicted octanol–water partition coefficient (Wildman–Crippen LogP) is 0.729. The summed E-state index contributed by atoms with van der Waals surface area (Å²) in [7, 11) is 0. The first-order valence-corrected chi connectivity index (χ1v) is 4.62. The average Bonchev–Trinajstić information content (AvgIpc) is 2.15. The van der Waals surface area contributed by atoms with Gasteiger partial charge in [0.1, 0.15) is 0 Å². The molecule has 0 spiro atoms. The minimum Gasteiger partial charge on any atom is -0.550 e. The quantitative estimate of drug-likeness (QED) is 0.528. The molecule has 0 fully saturated rings. The molecular weight excluding hydrogens is 188 g/mol. The van der Waals surface area contributed by atoms with E-state index in [1.165, 1.54) is 0 Å². The van der Waals surface area contributed by atoms with Gasteiger partial charge >= 0.3 is 5.97 Å². The Hall–Kier alpha value is -1.10. The number of rotatable bonds is 5. The number of carbonyl (C=O) groups excluding carboxylic acids is 2. The molecule has 0 radical (unpaired) electrons. The molecule has 0 aromatic heterocycles. The lowest BCUT2D eigenvalue weighted by Crippen LogP contribution is -2.20. The van der Waals surface area contributed by atoms with Crippen LogP contribution in [0.3, 0.4) is 0 Å². The van der Waals surface area contributed by atoms with Crippen LogP contribution in [0.1, 0.15) is 46.0 Å². The van der Waals surface area contributed by atoms with Crippen LogP contribution in [0.5, 0.6) is 0 Å². The zero-order valence-electron chi connectivity index (χ0n) is 8.62. The van der Waals surface area contributed by atoms with Crippen molar-refractivity contribution in [2.75, 3.05) is 0 Å². The Morgan fingerprint density at radius 2 is 1.79 bits per heavy atom. The summed E-state index contributed by atoms with van der Waals surface area (Å²) >= 11 is 0. The molecule has 0 aromatic carbocycles. The third kappa shape index (κ3) is 17.1. The van der Waals surface area contributed by atoms with E-state index in [4.69, 9.17) is 5.26 Å². The summed E-state index contributed by atoms with van der Waals surface area (Å²) in [6.07, 6.45) is 2.88. The summed E-state index contributed by atoms with van der Waals surface area (Å²) in [6.45, 7) is 3.76. The van der Waals surface area contributed by atoms with Crippen LogP contribution < -0.4 is 5.11 Å². The van der Waals surface area contributed by atoms with Gasteiger partial charge in [0.15, 0.2) is 0 Å². The number of hydrogen-bond donors (Lipinski definition) is 1. The van der Waals surface area contributed by atoms with E-state index in [1.807, 2.05) is 6.92 Å². The molecule has 0 aliphatic carbocycles. The third-order valence-corrected chi connectivity index (χ3v) is 1.29. The molecule has 0 bridgehead atoms. The normalized spacial score (nSPS) is 8.50. The van der Waals surface area contributed by atoms with Gasteiger partial charge in [-0.1, -0.05) is 26.7 Å². The second-order valence-electron chi connectivity index (χ2n) is 2.69. The highest BCUT2D eigenvalue weighted by Gasteiger charge is 1.97. The van der Waals surface area contributed by atoms with E-state index < -0.39 is 11.9 Å². The maximum atomic E-state index is 10.1. The highest BCUT2D eigenvalue weighted by Crippen LogP contribution is 1.93. The molecule has 5 nitrogen and oxygen atoms in total. The SMILES string of the molecule is CCCC(=O)[O-].CCCCC(=O)OO. The molecular formula is C9H17O5-. The van der Waals surface area contributed by atoms with Crippen LogP contribution in [0.15, 0.2) is 0 Å². The van der Waals surface area contributed by atoms with Gasteiger partial charge in [0.25, 0.3) is 0 Å². The Kier molecular flexibility index (Phi) is 13.1. The van der Waals surface area contributed by atoms with Gasteiger partial charge in [0.05, 0.1) is 0 Å². The molecule has 14 heavy (non-hydrogen) atoms. The summed E-state index contributed by atoms with van der Waals surface area (Å²) in [6, 6.07) is 0. The zero-order valence-corrected chi connectivity index (χ0v) is 8.62. The van der Waals surface area contributed by atoms with Gasteiger partial charge in [-0.2, -0.15) is 5.26 Å². The fourth-order valence-corrected chi connectivity index (χ4v) is 0.571. The molecule has 0 amide bonds. The van der Waals surface area contributed by atoms with E-state index >= 15 is 0 Å². The maximum Gasteiger partial charge on any atom is 0.342 e. The number of aliphatic carboxylic acids is 1. The predicted molar refractivity (Wildman–Crippen MR) is 48.2 cm³/mol. The largest absolute Gasteiger partial charge is 0.550 e. The highest BCUT2D eigenvalue weighted by molar-refractivity contribution is 5.68. The van der Waals surface area contributed by atoms with Crippen LogP contribution in [-0.2, 0) is 14.5 Å². The van der Waals surface area contributed by atoms with Crippen molar-refractivity contribution in [1.29, 1.82) is 0 Å². The van der Waals surface area contributed by atoms with E-state index in [2.05, 4.69) is 4.89 Å². The lowest BCUT2D eigenvalue weighted by molar-refractivity contribution is -0.305. The Morgan fingerprint density at radius 3 is 2.00 bits per heavy atom. The smallest absolute Gasteiger partial charge is 0.342 e. The molecule has 0 aliphatic rings. The van der Waals surface area contributed by atoms with Crippen LogP contribution in [0, 0.1) is 0 Å². The molecule has 0 aromatic rings. The minimum absolute atomic E-state index is 0.181. The molecule has 0 saturated carbocycles. The zero-order chi connectivity index (χ0) is 11.4. The first kappa shape index (κ1) is 15.4. The van der Waals surface area contributed by atoms with Crippen LogP contribution in [-0.4, -0.2) is 17.2 Å². The van der Waals surface area contributed by atoms with Gasteiger partial charge in [-0.05, 0) is 12.8 Å². The van der Waals surface area contributed by atoms with Gasteiger partial charge in [0, 0.05) is 12.4 Å². The molecule has 5 heteroatoms. The molecule has 0 unspecified atom stereocenters. The van der Waals surface area contributed by atoms with Crippen LogP contribution >= 0.6 is 0 Å². The van der Waals surface area contributed by atoms with Crippen molar-refractivity contribution in [3.05, 3.63) is 0 Å². The van der Waals surface area contributed by atoms with Crippen molar-refractivity contribution in [3.8, 4) is 0 Å². The standard InChI is InChI=1S/C5H10O3.C4H8O2/c1-2-3-4-5(6)8-7;1-2-3-4(5)6/h7H,2-4H2,1H3;2-3H2,1H3,(H,5,6)/p-1. The lowest BCUT2D eigenvalue weighted by Gasteiger charge is -1.92. The van der Waals surface area contributed by atoms with Crippen molar-refractivity contribution in [2.45, 2.75) is 46.0 Å². The van der Waals surface area contributed by atoms with Crippen molar-refractivity contribution in [1.82, 2.24) is 0 Å². The van der Waals surface area contributed by atoms with Gasteiger partial charge < -0.3 is 14.8 Å². The van der Waals surface area contributed by atoms with Crippen molar-refractivity contribution in [3.63, 3.8) is 0 Å². The average molecular weight is 205 g/mol. The summed E-state index contributed by atoms with van der Waals surface area (Å²) < 4.78 is 0. The Bertz CT molecular complexity index is 155. The lowest BCUT2D eigenvalue weighted by atomic mass is 10.3. The Balaban J connectivity index is 0. The fraction of sp³-hybridized carbons (Fsp3) is 0.778. The molecule has 84 valence electrons. The summed E-state index contributed by atoms with van der Waals surface area (Å²) in [4.78, 5) is 23.0. The monoisotopic (exact) mass is 205 g/mol. The fourth-order valence-electron chi connectivity index (χ4n) is 0.571. The van der Waals surface area contributed by atoms with Gasteiger partial charge in [-0.3, -0.25) is 0 Å².